The van der Waals surface area contributed by atoms with Crippen LogP contribution in [0.2, 0.25) is 0 Å². The summed E-state index contributed by atoms with van der Waals surface area (Å²) in [6.45, 7) is 5.43. The van der Waals surface area contributed by atoms with Crippen LogP contribution in [0.4, 0.5) is 11.8 Å². The Morgan fingerprint density at radius 3 is 2.30 bits per heavy atom. The van der Waals surface area contributed by atoms with Crippen LogP contribution >= 0.6 is 0 Å². The van der Waals surface area contributed by atoms with E-state index in [4.69, 9.17) is 14.7 Å². The molecule has 1 aromatic carbocycles. The third kappa shape index (κ3) is 3.15. The van der Waals surface area contributed by atoms with Crippen molar-refractivity contribution in [2.24, 2.45) is 0 Å². The summed E-state index contributed by atoms with van der Waals surface area (Å²) in [7, 11) is 0. The molecule has 23 heavy (non-hydrogen) atoms. The smallest absolute Gasteiger partial charge is 0.227 e. The summed E-state index contributed by atoms with van der Waals surface area (Å²) >= 11 is 0. The van der Waals surface area contributed by atoms with Crippen LogP contribution in [0, 0.1) is 0 Å². The van der Waals surface area contributed by atoms with E-state index in [0.717, 1.165) is 62.4 Å². The average Bonchev–Trinajstić information content (AvgIpc) is 3.18. The molecule has 120 valence electrons. The minimum atomic E-state index is 0.768. The lowest BCUT2D eigenvalue weighted by molar-refractivity contribution is 0.122. The topological polar surface area (TPSA) is 41.5 Å². The van der Waals surface area contributed by atoms with Crippen LogP contribution in [0.25, 0.3) is 11.3 Å². The second-order valence-electron chi connectivity index (χ2n) is 6.07. The van der Waals surface area contributed by atoms with Crippen molar-refractivity contribution in [3.05, 3.63) is 36.4 Å². The maximum absolute atomic E-state index is 5.47. The van der Waals surface area contributed by atoms with Crippen molar-refractivity contribution in [2.45, 2.75) is 12.8 Å². The Labute approximate surface area is 136 Å². The quantitative estimate of drug-likeness (QED) is 0.871. The zero-order valence-electron chi connectivity index (χ0n) is 13.3. The Balaban J connectivity index is 1.73. The van der Waals surface area contributed by atoms with Crippen molar-refractivity contribution in [3.63, 3.8) is 0 Å². The monoisotopic (exact) mass is 310 g/mol. The molecule has 2 aliphatic rings. The third-order valence-corrected chi connectivity index (χ3v) is 4.49. The van der Waals surface area contributed by atoms with Gasteiger partial charge < -0.3 is 14.5 Å². The Kier molecular flexibility index (Phi) is 4.11. The van der Waals surface area contributed by atoms with Crippen LogP contribution in [-0.2, 0) is 4.74 Å². The molecule has 0 N–H and O–H groups in total. The first-order valence-electron chi connectivity index (χ1n) is 8.42. The fourth-order valence-electron chi connectivity index (χ4n) is 3.19. The molecule has 0 bridgehead atoms. The molecule has 2 aliphatic heterocycles. The first-order valence-corrected chi connectivity index (χ1v) is 8.42. The molecule has 5 nitrogen and oxygen atoms in total. The number of hydrogen-bond donors (Lipinski definition) is 0. The molecule has 2 saturated heterocycles. The van der Waals surface area contributed by atoms with Crippen LogP contribution in [-0.4, -0.2) is 49.4 Å². The van der Waals surface area contributed by atoms with Gasteiger partial charge in [-0.05, 0) is 12.8 Å². The fourth-order valence-corrected chi connectivity index (χ4v) is 3.19. The Bertz CT molecular complexity index is 649. The second kappa shape index (κ2) is 6.54. The molecule has 0 radical (unpaired) electrons. The summed E-state index contributed by atoms with van der Waals surface area (Å²) < 4.78 is 5.47. The number of hydrogen-bond acceptors (Lipinski definition) is 5. The number of nitrogens with zero attached hydrogens (tertiary/aromatic N) is 4. The lowest BCUT2D eigenvalue weighted by Crippen LogP contribution is -2.37. The second-order valence-corrected chi connectivity index (χ2v) is 6.07. The number of benzene rings is 1. The number of ether oxygens (including phenoxy) is 1. The summed E-state index contributed by atoms with van der Waals surface area (Å²) in [4.78, 5) is 14.3. The Hall–Kier alpha value is -2.14. The number of aromatic nitrogens is 2. The molecule has 3 heterocycles. The molecular formula is C18H22N4O. The summed E-state index contributed by atoms with van der Waals surface area (Å²) in [5.74, 6) is 1.88. The van der Waals surface area contributed by atoms with Gasteiger partial charge in [0, 0.05) is 37.8 Å². The van der Waals surface area contributed by atoms with Gasteiger partial charge in [0.05, 0.1) is 18.9 Å². The van der Waals surface area contributed by atoms with Crippen molar-refractivity contribution in [3.8, 4) is 11.3 Å². The lowest BCUT2D eigenvalue weighted by atomic mass is 10.1. The molecule has 0 amide bonds. The largest absolute Gasteiger partial charge is 0.378 e. The molecule has 1 aromatic heterocycles. The van der Waals surface area contributed by atoms with Gasteiger partial charge in [-0.25, -0.2) is 4.98 Å². The van der Waals surface area contributed by atoms with E-state index in [1.807, 2.05) is 6.07 Å². The molecular weight excluding hydrogens is 288 g/mol. The zero-order valence-corrected chi connectivity index (χ0v) is 13.3. The minimum absolute atomic E-state index is 0.768. The van der Waals surface area contributed by atoms with Gasteiger partial charge in [0.15, 0.2) is 0 Å². The van der Waals surface area contributed by atoms with E-state index >= 15 is 0 Å². The van der Waals surface area contributed by atoms with Gasteiger partial charge in [0.1, 0.15) is 5.82 Å². The van der Waals surface area contributed by atoms with Gasteiger partial charge in [-0.15, -0.1) is 0 Å². The molecule has 5 heteroatoms. The number of anilines is 2. The molecule has 2 aromatic rings. The summed E-state index contributed by atoms with van der Waals surface area (Å²) in [5, 5.41) is 0. The van der Waals surface area contributed by atoms with Gasteiger partial charge in [-0.2, -0.15) is 4.98 Å². The fraction of sp³-hybridized carbons (Fsp3) is 0.444. The molecule has 0 spiro atoms. The van der Waals surface area contributed by atoms with Gasteiger partial charge in [0.25, 0.3) is 0 Å². The van der Waals surface area contributed by atoms with Crippen LogP contribution in [0.15, 0.2) is 36.4 Å². The van der Waals surface area contributed by atoms with E-state index in [0.29, 0.717) is 0 Å². The molecule has 0 saturated carbocycles. The zero-order chi connectivity index (χ0) is 15.5. The van der Waals surface area contributed by atoms with Gasteiger partial charge in [0.2, 0.25) is 5.95 Å². The number of morpholine rings is 1. The van der Waals surface area contributed by atoms with Gasteiger partial charge in [-0.1, -0.05) is 30.3 Å². The highest BCUT2D eigenvalue weighted by Crippen LogP contribution is 2.26. The predicted octanol–water partition coefficient (Wildman–Crippen LogP) is 2.58. The van der Waals surface area contributed by atoms with Crippen molar-refractivity contribution in [2.75, 3.05) is 49.2 Å². The van der Waals surface area contributed by atoms with Crippen LogP contribution in [0.1, 0.15) is 12.8 Å². The van der Waals surface area contributed by atoms with E-state index in [1.165, 1.54) is 12.8 Å². The van der Waals surface area contributed by atoms with E-state index < -0.39 is 0 Å². The molecule has 0 unspecified atom stereocenters. The standard InChI is InChI=1S/C18H22N4O/c1-2-6-15(7-3-1)16-14-17(21-10-12-23-13-11-21)20-18(19-16)22-8-4-5-9-22/h1-3,6-7,14H,4-5,8-13H2. The van der Waals surface area contributed by atoms with Crippen molar-refractivity contribution in [1.82, 2.24) is 9.97 Å². The first kappa shape index (κ1) is 14.5. The highest BCUT2D eigenvalue weighted by atomic mass is 16.5. The third-order valence-electron chi connectivity index (χ3n) is 4.49. The van der Waals surface area contributed by atoms with Gasteiger partial charge in [-0.3, -0.25) is 0 Å². The lowest BCUT2D eigenvalue weighted by Gasteiger charge is -2.29. The van der Waals surface area contributed by atoms with E-state index in [-0.39, 0.29) is 0 Å². The van der Waals surface area contributed by atoms with Gasteiger partial charge >= 0.3 is 0 Å². The molecule has 2 fully saturated rings. The maximum Gasteiger partial charge on any atom is 0.227 e. The van der Waals surface area contributed by atoms with Crippen LogP contribution in [0.3, 0.4) is 0 Å². The predicted molar refractivity (Wildman–Crippen MR) is 91.9 cm³/mol. The van der Waals surface area contributed by atoms with E-state index in [1.54, 1.807) is 0 Å². The summed E-state index contributed by atoms with van der Waals surface area (Å²) in [5.41, 5.74) is 2.15. The average molecular weight is 310 g/mol. The maximum atomic E-state index is 5.47. The normalized spacial score (nSPS) is 18.4. The summed E-state index contributed by atoms with van der Waals surface area (Å²) in [6, 6.07) is 12.5. The van der Waals surface area contributed by atoms with E-state index in [2.05, 4.69) is 40.1 Å². The van der Waals surface area contributed by atoms with Crippen LogP contribution in [0.5, 0.6) is 0 Å². The van der Waals surface area contributed by atoms with Crippen LogP contribution < -0.4 is 9.80 Å². The van der Waals surface area contributed by atoms with Crippen molar-refractivity contribution >= 4 is 11.8 Å². The SMILES string of the molecule is c1ccc(-c2cc(N3CCOCC3)nc(N3CCCC3)n2)cc1. The Morgan fingerprint density at radius 1 is 0.826 bits per heavy atom. The van der Waals surface area contributed by atoms with Crippen molar-refractivity contribution < 1.29 is 4.74 Å². The Morgan fingerprint density at radius 2 is 1.57 bits per heavy atom. The molecule has 0 aliphatic carbocycles. The summed E-state index contributed by atoms with van der Waals surface area (Å²) in [6.07, 6.45) is 2.46. The minimum Gasteiger partial charge on any atom is -0.378 e. The highest BCUT2D eigenvalue weighted by molar-refractivity contribution is 5.65. The molecule has 0 atom stereocenters. The van der Waals surface area contributed by atoms with E-state index in [9.17, 15) is 0 Å². The first-order chi connectivity index (χ1) is 11.4. The molecule has 4 rings (SSSR count). The highest BCUT2D eigenvalue weighted by Gasteiger charge is 2.20. The number of rotatable bonds is 3. The van der Waals surface area contributed by atoms with Crippen molar-refractivity contribution in [1.29, 1.82) is 0 Å².